The summed E-state index contributed by atoms with van der Waals surface area (Å²) in [7, 11) is 1.66. The summed E-state index contributed by atoms with van der Waals surface area (Å²) in [6.45, 7) is 0. The number of benzene rings is 2. The predicted molar refractivity (Wildman–Crippen MR) is 119 cm³/mol. The van der Waals surface area contributed by atoms with Gasteiger partial charge in [-0.1, -0.05) is 36.4 Å². The molecule has 0 spiro atoms. The molecule has 0 bridgehead atoms. The number of ether oxygens (including phenoxy) is 2. The van der Waals surface area contributed by atoms with Gasteiger partial charge in [0.05, 0.1) is 19.3 Å². The van der Waals surface area contributed by atoms with Gasteiger partial charge in [0.2, 0.25) is 0 Å². The summed E-state index contributed by atoms with van der Waals surface area (Å²) in [5.74, 6) is 1.25. The van der Waals surface area contributed by atoms with Crippen LogP contribution in [0.5, 0.6) is 11.5 Å². The molecule has 1 N–H and O–H groups in total. The quantitative estimate of drug-likeness (QED) is 0.574. The highest BCUT2D eigenvalue weighted by Gasteiger charge is 2.26. The smallest absolute Gasteiger partial charge is 0.161 e. The highest BCUT2D eigenvalue weighted by molar-refractivity contribution is 5.75. The molecular formula is C25H27BNO3. The van der Waals surface area contributed by atoms with E-state index in [0.29, 0.717) is 0 Å². The zero-order chi connectivity index (χ0) is 20.1. The van der Waals surface area contributed by atoms with Crippen molar-refractivity contribution < 1.29 is 14.6 Å². The van der Waals surface area contributed by atoms with Gasteiger partial charge in [0.25, 0.3) is 0 Å². The van der Waals surface area contributed by atoms with Gasteiger partial charge in [-0.2, -0.15) is 0 Å². The summed E-state index contributed by atoms with van der Waals surface area (Å²) >= 11 is 0. The maximum atomic E-state index is 11.3. The first-order valence-electron chi connectivity index (χ1n) is 10.2. The van der Waals surface area contributed by atoms with Crippen molar-refractivity contribution >= 4 is 8.41 Å². The Morgan fingerprint density at radius 3 is 2.23 bits per heavy atom. The molecule has 3 aromatic rings. The van der Waals surface area contributed by atoms with E-state index in [4.69, 9.17) is 9.47 Å². The van der Waals surface area contributed by atoms with Crippen LogP contribution in [0.15, 0.2) is 73.1 Å². The van der Waals surface area contributed by atoms with Crippen LogP contribution in [0.25, 0.3) is 0 Å². The van der Waals surface area contributed by atoms with E-state index in [1.54, 1.807) is 19.5 Å². The average molecular weight is 400 g/mol. The molecule has 2 aromatic carbocycles. The van der Waals surface area contributed by atoms with E-state index in [1.807, 2.05) is 48.5 Å². The molecule has 153 valence electrons. The molecule has 30 heavy (non-hydrogen) atoms. The van der Waals surface area contributed by atoms with Crippen LogP contribution in [0.2, 0.25) is 0 Å². The Morgan fingerprint density at radius 2 is 1.57 bits per heavy atom. The molecule has 3 radical (unpaired) electrons. The van der Waals surface area contributed by atoms with Crippen molar-refractivity contribution in [3.05, 3.63) is 89.7 Å². The fraction of sp³-hybridized carbons (Fsp3) is 0.320. The van der Waals surface area contributed by atoms with Gasteiger partial charge in [0, 0.05) is 26.7 Å². The van der Waals surface area contributed by atoms with Crippen LogP contribution >= 0.6 is 0 Å². The van der Waals surface area contributed by atoms with Crippen LogP contribution < -0.4 is 9.47 Å². The number of aliphatic hydroxyl groups is 1. The molecule has 0 unspecified atom stereocenters. The largest absolute Gasteiger partial charge is 0.493 e. The topological polar surface area (TPSA) is 51.6 Å². The van der Waals surface area contributed by atoms with Gasteiger partial charge in [-0.25, -0.2) is 0 Å². The Kier molecular flexibility index (Phi) is 7.53. The van der Waals surface area contributed by atoms with Crippen molar-refractivity contribution in [2.45, 2.75) is 43.8 Å². The van der Waals surface area contributed by atoms with E-state index in [1.165, 1.54) is 12.8 Å². The summed E-state index contributed by atoms with van der Waals surface area (Å²) in [4.78, 5) is 4.08. The predicted octanol–water partition coefficient (Wildman–Crippen LogP) is 4.90. The SMILES string of the molecule is COc1ccc([C@@H](c2ccccc2)[C@H](O)c2ccncc2)cc1OC1CCCC1.[B]. The van der Waals surface area contributed by atoms with Gasteiger partial charge in [-0.3, -0.25) is 4.98 Å². The van der Waals surface area contributed by atoms with Gasteiger partial charge in [-0.05, 0) is 66.6 Å². The first kappa shape index (κ1) is 21.9. The molecule has 1 fully saturated rings. The minimum atomic E-state index is -0.701. The molecule has 4 nitrogen and oxygen atoms in total. The molecule has 2 atom stereocenters. The number of nitrogens with zero attached hydrogens (tertiary/aromatic N) is 1. The normalized spacial score (nSPS) is 15.8. The second kappa shape index (κ2) is 10.3. The first-order valence-corrected chi connectivity index (χ1v) is 10.2. The van der Waals surface area contributed by atoms with Gasteiger partial charge < -0.3 is 14.6 Å². The number of aromatic nitrogens is 1. The van der Waals surface area contributed by atoms with E-state index in [9.17, 15) is 5.11 Å². The summed E-state index contributed by atoms with van der Waals surface area (Å²) < 4.78 is 11.8. The number of methoxy groups -OCH3 is 1. The highest BCUT2D eigenvalue weighted by atomic mass is 16.5. The van der Waals surface area contributed by atoms with E-state index < -0.39 is 6.10 Å². The Balaban J connectivity index is 0.00000256. The minimum absolute atomic E-state index is 0. The van der Waals surface area contributed by atoms with E-state index in [2.05, 4.69) is 17.1 Å². The number of rotatable bonds is 7. The third-order valence-corrected chi connectivity index (χ3v) is 5.66. The molecule has 1 aliphatic carbocycles. The lowest BCUT2D eigenvalue weighted by atomic mass is 9.83. The zero-order valence-electron chi connectivity index (χ0n) is 17.3. The van der Waals surface area contributed by atoms with Crippen molar-refractivity contribution in [2.24, 2.45) is 0 Å². The van der Waals surface area contributed by atoms with Gasteiger partial charge in [0.15, 0.2) is 11.5 Å². The third kappa shape index (κ3) is 4.85. The maximum absolute atomic E-state index is 11.3. The zero-order valence-corrected chi connectivity index (χ0v) is 17.3. The van der Waals surface area contributed by atoms with Gasteiger partial charge >= 0.3 is 0 Å². The van der Waals surface area contributed by atoms with Crippen molar-refractivity contribution in [1.29, 1.82) is 0 Å². The van der Waals surface area contributed by atoms with Crippen molar-refractivity contribution in [2.75, 3.05) is 7.11 Å². The monoisotopic (exact) mass is 400 g/mol. The van der Waals surface area contributed by atoms with Crippen molar-refractivity contribution in [3.63, 3.8) is 0 Å². The Hall–Kier alpha value is -2.79. The fourth-order valence-corrected chi connectivity index (χ4v) is 4.14. The molecule has 1 aromatic heterocycles. The number of hydrogen-bond donors (Lipinski definition) is 1. The summed E-state index contributed by atoms with van der Waals surface area (Å²) in [5.41, 5.74) is 2.88. The second-order valence-corrected chi connectivity index (χ2v) is 7.55. The third-order valence-electron chi connectivity index (χ3n) is 5.66. The highest BCUT2D eigenvalue weighted by Crippen LogP contribution is 2.41. The molecule has 5 heteroatoms. The van der Waals surface area contributed by atoms with Gasteiger partial charge in [-0.15, -0.1) is 0 Å². The van der Waals surface area contributed by atoms with Crippen molar-refractivity contribution in [1.82, 2.24) is 4.98 Å². The number of hydrogen-bond acceptors (Lipinski definition) is 4. The van der Waals surface area contributed by atoms with Gasteiger partial charge in [0.1, 0.15) is 0 Å². The molecule has 4 rings (SSSR count). The molecule has 0 amide bonds. The lowest BCUT2D eigenvalue weighted by molar-refractivity contribution is 0.158. The average Bonchev–Trinajstić information content (AvgIpc) is 3.28. The fourth-order valence-electron chi connectivity index (χ4n) is 4.14. The van der Waals surface area contributed by atoms with E-state index in [-0.39, 0.29) is 20.4 Å². The maximum Gasteiger partial charge on any atom is 0.161 e. The number of aliphatic hydroxyl groups excluding tert-OH is 1. The van der Waals surface area contributed by atoms with Crippen molar-refractivity contribution in [3.8, 4) is 11.5 Å². The number of pyridine rings is 1. The Morgan fingerprint density at radius 1 is 0.867 bits per heavy atom. The first-order chi connectivity index (χ1) is 14.3. The standard InChI is InChI=1S/C25H27NO3.B/c1-28-22-12-11-20(17-23(22)29-21-9-5-6-10-21)24(18-7-3-2-4-8-18)25(27)19-13-15-26-16-14-19;/h2-4,7-8,11-17,21,24-25,27H,5-6,9-10H2,1H3;/t24-,25-;/m1./s1. The minimum Gasteiger partial charge on any atom is -0.493 e. The Bertz CT molecular complexity index is 914. The van der Waals surface area contributed by atoms with Crippen LogP contribution in [0.4, 0.5) is 0 Å². The van der Waals surface area contributed by atoms with E-state index >= 15 is 0 Å². The molecule has 1 heterocycles. The second-order valence-electron chi connectivity index (χ2n) is 7.55. The Labute approximate surface area is 180 Å². The lowest BCUT2D eigenvalue weighted by Gasteiger charge is -2.26. The molecule has 1 aliphatic rings. The van der Waals surface area contributed by atoms with Crippen LogP contribution in [0.1, 0.15) is 54.4 Å². The summed E-state index contributed by atoms with van der Waals surface area (Å²) in [6.07, 6.45) is 7.53. The van der Waals surface area contributed by atoms with Crippen LogP contribution in [-0.4, -0.2) is 31.7 Å². The van der Waals surface area contributed by atoms with Crippen LogP contribution in [0, 0.1) is 0 Å². The molecule has 0 saturated heterocycles. The summed E-state index contributed by atoms with van der Waals surface area (Å²) in [6, 6.07) is 19.8. The van der Waals surface area contributed by atoms with Crippen LogP contribution in [-0.2, 0) is 0 Å². The van der Waals surface area contributed by atoms with E-state index in [0.717, 1.165) is 41.0 Å². The molecular weight excluding hydrogens is 373 g/mol. The molecule has 0 aliphatic heterocycles. The van der Waals surface area contributed by atoms with Crippen LogP contribution in [0.3, 0.4) is 0 Å². The summed E-state index contributed by atoms with van der Waals surface area (Å²) in [5, 5.41) is 11.3. The lowest BCUT2D eigenvalue weighted by Crippen LogP contribution is -2.15. The molecule has 1 saturated carbocycles.